The van der Waals surface area contributed by atoms with Crippen LogP contribution in [0.4, 0.5) is 4.39 Å². The molecule has 0 aromatic heterocycles. The van der Waals surface area contributed by atoms with Crippen LogP contribution in [-0.2, 0) is 24.3 Å². The van der Waals surface area contributed by atoms with Crippen molar-refractivity contribution in [3.63, 3.8) is 0 Å². The van der Waals surface area contributed by atoms with Gasteiger partial charge in [-0.15, -0.1) is 0 Å². The van der Waals surface area contributed by atoms with Crippen LogP contribution in [0.3, 0.4) is 0 Å². The fraction of sp³-hybridized carbons (Fsp3) is 0.400. The van der Waals surface area contributed by atoms with Gasteiger partial charge in [0.05, 0.1) is 32.3 Å². The van der Waals surface area contributed by atoms with Gasteiger partial charge >= 0.3 is 5.97 Å². The number of rotatable bonds is 6. The molecule has 0 radical (unpaired) electrons. The van der Waals surface area contributed by atoms with Crippen LogP contribution in [0.25, 0.3) is 0 Å². The molecule has 0 saturated heterocycles. The SMILES string of the molecule is COC(=O)C[C@@H]1C=C[C@H](NS(=O)(=O)c2ccccc2F)[C@H](CO)O1. The highest BCUT2D eigenvalue weighted by atomic mass is 32.2. The van der Waals surface area contributed by atoms with E-state index in [-0.39, 0.29) is 6.42 Å². The Bertz CT molecular complexity index is 720. The van der Waals surface area contributed by atoms with Crippen LogP contribution < -0.4 is 4.72 Å². The lowest BCUT2D eigenvalue weighted by molar-refractivity contribution is -0.144. The Morgan fingerprint density at radius 1 is 1.38 bits per heavy atom. The number of sulfonamides is 1. The first-order valence-electron chi connectivity index (χ1n) is 7.15. The van der Waals surface area contributed by atoms with Crippen molar-refractivity contribution in [1.29, 1.82) is 0 Å². The average molecular weight is 359 g/mol. The average Bonchev–Trinajstić information content (AvgIpc) is 2.56. The lowest BCUT2D eigenvalue weighted by Gasteiger charge is -2.31. The smallest absolute Gasteiger partial charge is 0.308 e. The molecule has 1 aromatic carbocycles. The first-order chi connectivity index (χ1) is 11.4. The molecule has 0 spiro atoms. The van der Waals surface area contributed by atoms with Crippen molar-refractivity contribution in [2.45, 2.75) is 29.6 Å². The Morgan fingerprint density at radius 2 is 2.08 bits per heavy atom. The molecule has 2 N–H and O–H groups in total. The molecule has 0 aliphatic carbocycles. The number of hydrogen-bond acceptors (Lipinski definition) is 6. The third-order valence-electron chi connectivity index (χ3n) is 3.48. The zero-order valence-corrected chi connectivity index (χ0v) is 13.7. The van der Waals surface area contributed by atoms with Gasteiger partial charge in [-0.25, -0.2) is 17.5 Å². The van der Waals surface area contributed by atoms with E-state index in [1.807, 2.05) is 0 Å². The van der Waals surface area contributed by atoms with Gasteiger partial charge in [0.2, 0.25) is 10.0 Å². The third kappa shape index (κ3) is 4.38. The van der Waals surface area contributed by atoms with E-state index in [4.69, 9.17) is 4.74 Å². The summed E-state index contributed by atoms with van der Waals surface area (Å²) in [6.45, 7) is -0.480. The number of carbonyl (C=O) groups is 1. The van der Waals surface area contributed by atoms with E-state index in [2.05, 4.69) is 9.46 Å². The Kier molecular flexibility index (Phi) is 6.05. The van der Waals surface area contributed by atoms with Crippen LogP contribution in [0.5, 0.6) is 0 Å². The number of halogens is 1. The number of aliphatic hydroxyl groups excluding tert-OH is 1. The van der Waals surface area contributed by atoms with Gasteiger partial charge in [-0.3, -0.25) is 4.79 Å². The van der Waals surface area contributed by atoms with Crippen molar-refractivity contribution in [3.8, 4) is 0 Å². The van der Waals surface area contributed by atoms with Gasteiger partial charge in [0, 0.05) is 0 Å². The first-order valence-corrected chi connectivity index (χ1v) is 8.64. The fourth-order valence-corrected chi connectivity index (χ4v) is 3.56. The molecule has 0 unspecified atom stereocenters. The highest BCUT2D eigenvalue weighted by molar-refractivity contribution is 7.89. The molecule has 132 valence electrons. The second-order valence-electron chi connectivity index (χ2n) is 5.14. The predicted octanol–water partition coefficient (Wildman–Crippen LogP) is 0.352. The van der Waals surface area contributed by atoms with E-state index in [1.165, 1.54) is 31.4 Å². The molecule has 1 aliphatic heterocycles. The number of hydrogen-bond donors (Lipinski definition) is 2. The Morgan fingerprint density at radius 3 is 2.71 bits per heavy atom. The summed E-state index contributed by atoms with van der Waals surface area (Å²) in [6, 6.07) is 4.07. The van der Waals surface area contributed by atoms with E-state index in [1.54, 1.807) is 0 Å². The van der Waals surface area contributed by atoms with Crippen LogP contribution in [0.2, 0.25) is 0 Å². The van der Waals surface area contributed by atoms with Crippen molar-refractivity contribution in [1.82, 2.24) is 4.72 Å². The van der Waals surface area contributed by atoms with Gasteiger partial charge in [0.1, 0.15) is 16.8 Å². The maximum Gasteiger partial charge on any atom is 0.308 e. The summed E-state index contributed by atoms with van der Waals surface area (Å²) in [5, 5.41) is 9.41. The summed E-state index contributed by atoms with van der Waals surface area (Å²) in [7, 11) is -2.90. The second kappa shape index (κ2) is 7.84. The van der Waals surface area contributed by atoms with Crippen molar-refractivity contribution >= 4 is 16.0 Å². The highest BCUT2D eigenvalue weighted by Gasteiger charge is 2.32. The van der Waals surface area contributed by atoms with Crippen molar-refractivity contribution in [2.24, 2.45) is 0 Å². The van der Waals surface area contributed by atoms with Crippen LogP contribution in [-0.4, -0.2) is 51.5 Å². The maximum atomic E-state index is 13.7. The molecule has 7 nitrogen and oxygen atoms in total. The van der Waals surface area contributed by atoms with Crippen molar-refractivity contribution < 1.29 is 32.2 Å². The van der Waals surface area contributed by atoms with E-state index in [0.29, 0.717) is 0 Å². The minimum Gasteiger partial charge on any atom is -0.469 e. The summed E-state index contributed by atoms with van der Waals surface area (Å²) in [4.78, 5) is 10.8. The van der Waals surface area contributed by atoms with Gasteiger partial charge in [-0.2, -0.15) is 0 Å². The monoisotopic (exact) mass is 359 g/mol. The molecule has 0 bridgehead atoms. The van der Waals surface area contributed by atoms with Crippen molar-refractivity contribution in [3.05, 3.63) is 42.2 Å². The fourth-order valence-electron chi connectivity index (χ4n) is 2.26. The lowest BCUT2D eigenvalue weighted by Crippen LogP contribution is -2.48. The lowest BCUT2D eigenvalue weighted by atomic mass is 10.1. The summed E-state index contributed by atoms with van der Waals surface area (Å²) >= 11 is 0. The standard InChI is InChI=1S/C15H18FNO6S/c1-22-15(19)8-10-6-7-12(13(9-18)23-10)17-24(20,21)14-5-3-2-4-11(14)16/h2-7,10,12-13,17-18H,8-9H2,1H3/t10-,12-,13-/m0/s1. The second-order valence-corrected chi connectivity index (χ2v) is 6.82. The Hall–Kier alpha value is -1.81. The quantitative estimate of drug-likeness (QED) is 0.561. The van der Waals surface area contributed by atoms with Gasteiger partial charge in [0.15, 0.2) is 0 Å². The number of nitrogens with one attached hydrogen (secondary N) is 1. The normalized spacial score (nSPS) is 23.9. The number of carbonyl (C=O) groups excluding carboxylic acids is 1. The minimum atomic E-state index is -4.14. The summed E-state index contributed by atoms with van der Waals surface area (Å²) in [5.41, 5.74) is 0. The number of benzene rings is 1. The zero-order valence-electron chi connectivity index (χ0n) is 12.9. The zero-order chi connectivity index (χ0) is 17.7. The number of methoxy groups -OCH3 is 1. The highest BCUT2D eigenvalue weighted by Crippen LogP contribution is 2.19. The number of aliphatic hydroxyl groups is 1. The van der Waals surface area contributed by atoms with E-state index in [0.717, 1.165) is 12.1 Å². The molecule has 1 aromatic rings. The summed E-state index contributed by atoms with van der Waals surface area (Å²) in [6.07, 6.45) is 1.36. The number of esters is 1. The molecule has 1 heterocycles. The van der Waals surface area contributed by atoms with Crippen molar-refractivity contribution in [2.75, 3.05) is 13.7 Å². The Balaban J connectivity index is 2.15. The molecule has 1 aliphatic rings. The third-order valence-corrected chi connectivity index (χ3v) is 4.97. The van der Waals surface area contributed by atoms with Crippen LogP contribution in [0, 0.1) is 5.82 Å². The molecular weight excluding hydrogens is 341 g/mol. The van der Waals surface area contributed by atoms with E-state index >= 15 is 0 Å². The largest absolute Gasteiger partial charge is 0.469 e. The minimum absolute atomic E-state index is 0.0592. The molecule has 24 heavy (non-hydrogen) atoms. The first kappa shape index (κ1) is 18.5. The van der Waals surface area contributed by atoms with Gasteiger partial charge in [-0.1, -0.05) is 24.3 Å². The topological polar surface area (TPSA) is 102 Å². The molecule has 0 fully saturated rings. The molecular formula is C15H18FNO6S. The summed E-state index contributed by atoms with van der Waals surface area (Å²) < 4.78 is 50.6. The van der Waals surface area contributed by atoms with E-state index < -0.39 is 51.6 Å². The maximum absolute atomic E-state index is 13.7. The molecule has 2 rings (SSSR count). The predicted molar refractivity (Wildman–Crippen MR) is 82.0 cm³/mol. The Labute approximate surface area is 139 Å². The van der Waals surface area contributed by atoms with Crippen LogP contribution in [0.1, 0.15) is 6.42 Å². The molecule has 9 heteroatoms. The van der Waals surface area contributed by atoms with Gasteiger partial charge in [0.25, 0.3) is 0 Å². The van der Waals surface area contributed by atoms with Gasteiger partial charge < -0.3 is 14.6 Å². The molecule has 0 amide bonds. The summed E-state index contributed by atoms with van der Waals surface area (Å²) in [5.74, 6) is -1.37. The van der Waals surface area contributed by atoms with Crippen LogP contribution in [0.15, 0.2) is 41.3 Å². The number of ether oxygens (including phenoxy) is 2. The van der Waals surface area contributed by atoms with Crippen LogP contribution >= 0.6 is 0 Å². The molecule has 3 atom stereocenters. The van der Waals surface area contributed by atoms with E-state index in [9.17, 15) is 22.7 Å². The molecule has 0 saturated carbocycles. The van der Waals surface area contributed by atoms with Gasteiger partial charge in [-0.05, 0) is 12.1 Å².